The van der Waals surface area contributed by atoms with Gasteiger partial charge in [0.05, 0.1) is 7.11 Å². The standard InChI is InChI=1S/C17H20FNO/c1-4-19-11-13-6-7-16(18)14(10-13)15-9-12(2)5-8-17(15)20-3/h5-10,19H,4,11H2,1-3H3. The van der Waals surface area contributed by atoms with Crippen molar-refractivity contribution in [3.63, 3.8) is 0 Å². The highest BCUT2D eigenvalue weighted by Gasteiger charge is 2.11. The lowest BCUT2D eigenvalue weighted by molar-refractivity contribution is 0.416. The van der Waals surface area contributed by atoms with Gasteiger partial charge in [-0.2, -0.15) is 0 Å². The number of hydrogen-bond donors (Lipinski definition) is 1. The molecule has 0 aromatic heterocycles. The normalized spacial score (nSPS) is 10.6. The Morgan fingerprint density at radius 3 is 2.60 bits per heavy atom. The van der Waals surface area contributed by atoms with Crippen molar-refractivity contribution < 1.29 is 9.13 Å². The van der Waals surface area contributed by atoms with Crippen LogP contribution in [-0.4, -0.2) is 13.7 Å². The summed E-state index contributed by atoms with van der Waals surface area (Å²) >= 11 is 0. The molecule has 2 aromatic carbocycles. The van der Waals surface area contributed by atoms with Gasteiger partial charge in [-0.25, -0.2) is 4.39 Å². The Hall–Kier alpha value is -1.87. The highest BCUT2D eigenvalue weighted by Crippen LogP contribution is 2.33. The van der Waals surface area contributed by atoms with E-state index in [0.717, 1.165) is 29.8 Å². The molecule has 2 rings (SSSR count). The fourth-order valence-corrected chi connectivity index (χ4v) is 2.19. The summed E-state index contributed by atoms with van der Waals surface area (Å²) in [6.45, 7) is 5.66. The predicted octanol–water partition coefficient (Wildman–Crippen LogP) is 3.92. The molecular formula is C17H20FNO. The van der Waals surface area contributed by atoms with Gasteiger partial charge in [0.15, 0.2) is 0 Å². The van der Waals surface area contributed by atoms with E-state index in [-0.39, 0.29) is 5.82 Å². The monoisotopic (exact) mass is 273 g/mol. The molecule has 0 fully saturated rings. The van der Waals surface area contributed by atoms with Crippen molar-refractivity contribution in [1.29, 1.82) is 0 Å². The minimum atomic E-state index is -0.228. The van der Waals surface area contributed by atoms with Crippen molar-refractivity contribution in [3.05, 3.63) is 53.3 Å². The number of rotatable bonds is 5. The minimum Gasteiger partial charge on any atom is -0.496 e. The van der Waals surface area contributed by atoms with Crippen molar-refractivity contribution in [2.75, 3.05) is 13.7 Å². The van der Waals surface area contributed by atoms with E-state index in [4.69, 9.17) is 4.74 Å². The summed E-state index contributed by atoms with van der Waals surface area (Å²) in [5, 5.41) is 3.25. The zero-order valence-electron chi connectivity index (χ0n) is 12.2. The lowest BCUT2D eigenvalue weighted by Gasteiger charge is -2.12. The van der Waals surface area contributed by atoms with Crippen molar-refractivity contribution in [1.82, 2.24) is 5.32 Å². The maximum absolute atomic E-state index is 14.1. The first-order chi connectivity index (χ1) is 9.65. The van der Waals surface area contributed by atoms with Gasteiger partial charge in [-0.15, -0.1) is 0 Å². The number of benzene rings is 2. The number of nitrogens with one attached hydrogen (secondary N) is 1. The van der Waals surface area contributed by atoms with E-state index in [1.165, 1.54) is 6.07 Å². The molecule has 0 aliphatic heterocycles. The van der Waals surface area contributed by atoms with Crippen LogP contribution in [0.3, 0.4) is 0 Å². The molecule has 1 N–H and O–H groups in total. The van der Waals surface area contributed by atoms with E-state index in [2.05, 4.69) is 5.32 Å². The van der Waals surface area contributed by atoms with E-state index in [0.29, 0.717) is 11.3 Å². The van der Waals surface area contributed by atoms with Gasteiger partial charge in [0, 0.05) is 17.7 Å². The molecular weight excluding hydrogens is 253 g/mol. The van der Waals surface area contributed by atoms with Crippen LogP contribution in [0.15, 0.2) is 36.4 Å². The maximum Gasteiger partial charge on any atom is 0.131 e. The Labute approximate surface area is 119 Å². The van der Waals surface area contributed by atoms with Gasteiger partial charge in [-0.1, -0.05) is 24.6 Å². The molecule has 0 spiro atoms. The third-order valence-corrected chi connectivity index (χ3v) is 3.26. The molecule has 0 radical (unpaired) electrons. The summed E-state index contributed by atoms with van der Waals surface area (Å²) in [6.07, 6.45) is 0. The Kier molecular flexibility index (Phi) is 4.74. The first-order valence-corrected chi connectivity index (χ1v) is 6.80. The molecule has 0 saturated carbocycles. The summed E-state index contributed by atoms with van der Waals surface area (Å²) in [7, 11) is 1.61. The van der Waals surface area contributed by atoms with E-state index < -0.39 is 0 Å². The van der Waals surface area contributed by atoms with Crippen molar-refractivity contribution >= 4 is 0 Å². The van der Waals surface area contributed by atoms with Crippen LogP contribution in [0.25, 0.3) is 11.1 Å². The number of hydrogen-bond acceptors (Lipinski definition) is 2. The lowest BCUT2D eigenvalue weighted by Crippen LogP contribution is -2.11. The maximum atomic E-state index is 14.1. The molecule has 20 heavy (non-hydrogen) atoms. The van der Waals surface area contributed by atoms with Crippen LogP contribution in [0.4, 0.5) is 4.39 Å². The second kappa shape index (κ2) is 6.53. The quantitative estimate of drug-likeness (QED) is 0.891. The van der Waals surface area contributed by atoms with Gasteiger partial charge < -0.3 is 10.1 Å². The number of ether oxygens (including phenoxy) is 1. The number of halogens is 1. The van der Waals surface area contributed by atoms with Crippen LogP contribution in [-0.2, 0) is 6.54 Å². The highest BCUT2D eigenvalue weighted by atomic mass is 19.1. The van der Waals surface area contributed by atoms with Gasteiger partial charge in [0.2, 0.25) is 0 Å². The first-order valence-electron chi connectivity index (χ1n) is 6.80. The molecule has 0 bridgehead atoms. The van der Waals surface area contributed by atoms with Crippen molar-refractivity contribution in [2.45, 2.75) is 20.4 Å². The molecule has 0 amide bonds. The highest BCUT2D eigenvalue weighted by molar-refractivity contribution is 5.72. The molecule has 0 heterocycles. The zero-order valence-corrected chi connectivity index (χ0v) is 12.2. The Morgan fingerprint density at radius 1 is 1.10 bits per heavy atom. The van der Waals surface area contributed by atoms with Crippen LogP contribution in [0.5, 0.6) is 5.75 Å². The summed E-state index contributed by atoms with van der Waals surface area (Å²) in [6, 6.07) is 11.0. The van der Waals surface area contributed by atoms with Crippen LogP contribution >= 0.6 is 0 Å². The molecule has 0 atom stereocenters. The summed E-state index contributed by atoms with van der Waals surface area (Å²) in [4.78, 5) is 0. The average molecular weight is 273 g/mol. The molecule has 0 saturated heterocycles. The smallest absolute Gasteiger partial charge is 0.131 e. The largest absolute Gasteiger partial charge is 0.496 e. The van der Waals surface area contributed by atoms with Gasteiger partial charge in [0.1, 0.15) is 11.6 Å². The molecule has 0 aliphatic rings. The predicted molar refractivity (Wildman–Crippen MR) is 80.5 cm³/mol. The Morgan fingerprint density at radius 2 is 1.90 bits per heavy atom. The zero-order chi connectivity index (χ0) is 14.5. The molecule has 2 nitrogen and oxygen atoms in total. The van der Waals surface area contributed by atoms with E-state index in [1.54, 1.807) is 7.11 Å². The lowest BCUT2D eigenvalue weighted by atomic mass is 9.99. The van der Waals surface area contributed by atoms with Gasteiger partial charge in [-0.3, -0.25) is 0 Å². The summed E-state index contributed by atoms with van der Waals surface area (Å²) in [5.41, 5.74) is 3.52. The average Bonchev–Trinajstić information content (AvgIpc) is 2.46. The Bertz CT molecular complexity index is 596. The fraction of sp³-hybridized carbons (Fsp3) is 0.294. The summed E-state index contributed by atoms with van der Waals surface area (Å²) < 4.78 is 19.5. The fourth-order valence-electron chi connectivity index (χ4n) is 2.19. The third kappa shape index (κ3) is 3.17. The van der Waals surface area contributed by atoms with E-state index >= 15 is 0 Å². The van der Waals surface area contributed by atoms with Crippen LogP contribution in [0.1, 0.15) is 18.1 Å². The molecule has 0 aliphatic carbocycles. The minimum absolute atomic E-state index is 0.228. The second-order valence-corrected chi connectivity index (χ2v) is 4.80. The van der Waals surface area contributed by atoms with E-state index in [9.17, 15) is 4.39 Å². The Balaban J connectivity index is 2.48. The van der Waals surface area contributed by atoms with Crippen molar-refractivity contribution in [3.8, 4) is 16.9 Å². The van der Waals surface area contributed by atoms with Crippen LogP contribution < -0.4 is 10.1 Å². The van der Waals surface area contributed by atoms with E-state index in [1.807, 2.05) is 44.2 Å². The second-order valence-electron chi connectivity index (χ2n) is 4.80. The van der Waals surface area contributed by atoms with Crippen LogP contribution in [0, 0.1) is 12.7 Å². The summed E-state index contributed by atoms with van der Waals surface area (Å²) in [5.74, 6) is 0.462. The first kappa shape index (κ1) is 14.5. The number of aryl methyl sites for hydroxylation is 1. The van der Waals surface area contributed by atoms with Crippen LogP contribution in [0.2, 0.25) is 0 Å². The van der Waals surface area contributed by atoms with Gasteiger partial charge in [-0.05, 0) is 43.3 Å². The molecule has 2 aromatic rings. The number of methoxy groups -OCH3 is 1. The van der Waals surface area contributed by atoms with Gasteiger partial charge in [0.25, 0.3) is 0 Å². The third-order valence-electron chi connectivity index (χ3n) is 3.26. The molecule has 106 valence electrons. The topological polar surface area (TPSA) is 21.3 Å². The molecule has 3 heteroatoms. The molecule has 0 unspecified atom stereocenters. The SMILES string of the molecule is CCNCc1ccc(F)c(-c2cc(C)ccc2OC)c1. The van der Waals surface area contributed by atoms with Crippen molar-refractivity contribution in [2.24, 2.45) is 0 Å². The van der Waals surface area contributed by atoms with Gasteiger partial charge >= 0.3 is 0 Å².